The van der Waals surface area contributed by atoms with Crippen LogP contribution in [-0.4, -0.2) is 36.1 Å². The van der Waals surface area contributed by atoms with E-state index >= 15 is 0 Å². The minimum Gasteiger partial charge on any atom is -0.451 e. The zero-order valence-corrected chi connectivity index (χ0v) is 15.8. The van der Waals surface area contributed by atoms with Crippen LogP contribution in [-0.2, 0) is 22.8 Å². The highest BCUT2D eigenvalue weighted by Crippen LogP contribution is 2.35. The highest BCUT2D eigenvalue weighted by atomic mass is 19.4. The smallest absolute Gasteiger partial charge is 0.416 e. The Morgan fingerprint density at radius 1 is 1.18 bits per heavy atom. The van der Waals surface area contributed by atoms with Crippen molar-refractivity contribution in [2.75, 3.05) is 29.9 Å². The topological polar surface area (TPSA) is 63.6 Å². The minimum absolute atomic E-state index is 0.0124. The predicted octanol–water partition coefficient (Wildman–Crippen LogP) is 3.69. The Bertz CT molecular complexity index is 842. The van der Waals surface area contributed by atoms with Crippen LogP contribution in [0.3, 0.4) is 0 Å². The molecule has 0 aliphatic heterocycles. The van der Waals surface area contributed by atoms with Crippen molar-refractivity contribution in [3.05, 3.63) is 47.8 Å². The normalized spacial score (nSPS) is 11.2. The van der Waals surface area contributed by atoms with E-state index in [4.69, 9.17) is 4.74 Å². The first kappa shape index (κ1) is 21.3. The first-order chi connectivity index (χ1) is 13.2. The van der Waals surface area contributed by atoms with Gasteiger partial charge >= 0.3 is 12.1 Å². The molecule has 0 saturated carbocycles. The first-order valence-electron chi connectivity index (χ1n) is 8.71. The van der Waals surface area contributed by atoms with E-state index in [0.717, 1.165) is 12.1 Å². The Hall–Kier alpha value is -2.97. The lowest BCUT2D eigenvalue weighted by Gasteiger charge is -2.25. The van der Waals surface area contributed by atoms with Gasteiger partial charge in [-0.2, -0.15) is 13.2 Å². The second-order valence-corrected chi connectivity index (χ2v) is 6.03. The number of anilines is 2. The maximum Gasteiger partial charge on any atom is 0.416 e. The zero-order chi connectivity index (χ0) is 20.9. The lowest BCUT2D eigenvalue weighted by Crippen LogP contribution is -2.26. The monoisotopic (exact) mass is 397 g/mol. The molecule has 0 radical (unpaired) electrons. The van der Waals surface area contributed by atoms with Crippen LogP contribution >= 0.6 is 0 Å². The fraction of sp³-hybridized carbons (Fsp3) is 0.368. The number of nitrogens with zero attached hydrogens (tertiary/aromatic N) is 2. The maximum absolute atomic E-state index is 13.1. The quantitative estimate of drug-likeness (QED) is 0.724. The summed E-state index contributed by atoms with van der Waals surface area (Å²) in [5.41, 5.74) is -0.145. The molecule has 1 aromatic heterocycles. The molecule has 9 heteroatoms. The molecule has 152 valence electrons. The van der Waals surface area contributed by atoms with Gasteiger partial charge < -0.3 is 19.5 Å². The number of amides is 1. The Balaban J connectivity index is 2.16. The molecule has 0 spiro atoms. The van der Waals surface area contributed by atoms with E-state index in [1.54, 1.807) is 19.3 Å². The summed E-state index contributed by atoms with van der Waals surface area (Å²) in [6.07, 6.45) is -2.89. The van der Waals surface area contributed by atoms with Gasteiger partial charge in [-0.3, -0.25) is 4.79 Å². The summed E-state index contributed by atoms with van der Waals surface area (Å²) in [6, 6.07) is 6.35. The van der Waals surface area contributed by atoms with Crippen LogP contribution in [0.1, 0.15) is 29.9 Å². The molecule has 1 heterocycles. The standard InChI is InChI=1S/C19H22F3N3O3/c1-4-25(5-2)15-9-8-13(19(20,21)22)11-14(15)23-17(26)12-28-18(27)16-7-6-10-24(16)3/h6-11H,4-5,12H2,1-3H3,(H,23,26). The van der Waals surface area contributed by atoms with Crippen molar-refractivity contribution in [1.82, 2.24) is 4.57 Å². The molecule has 1 amide bonds. The fourth-order valence-electron chi connectivity index (χ4n) is 2.72. The van der Waals surface area contributed by atoms with Crippen LogP contribution in [0.25, 0.3) is 0 Å². The van der Waals surface area contributed by atoms with Gasteiger partial charge in [-0.15, -0.1) is 0 Å². The van der Waals surface area contributed by atoms with E-state index in [1.165, 1.54) is 16.7 Å². The second kappa shape index (κ2) is 8.81. The lowest BCUT2D eigenvalue weighted by atomic mass is 10.1. The third kappa shape index (κ3) is 5.05. The molecule has 0 aliphatic carbocycles. The summed E-state index contributed by atoms with van der Waals surface area (Å²) >= 11 is 0. The molecule has 1 aromatic carbocycles. The third-order valence-corrected chi connectivity index (χ3v) is 4.19. The van der Waals surface area contributed by atoms with Crippen LogP contribution in [0, 0.1) is 0 Å². The van der Waals surface area contributed by atoms with Crippen LogP contribution in [0.5, 0.6) is 0 Å². The fourth-order valence-corrected chi connectivity index (χ4v) is 2.72. The minimum atomic E-state index is -4.54. The number of hydrogen-bond donors (Lipinski definition) is 1. The van der Waals surface area contributed by atoms with Crippen LogP contribution in [0.15, 0.2) is 36.5 Å². The molecule has 0 unspecified atom stereocenters. The molecule has 2 aromatic rings. The maximum atomic E-state index is 13.1. The van der Waals surface area contributed by atoms with E-state index in [9.17, 15) is 22.8 Å². The lowest BCUT2D eigenvalue weighted by molar-refractivity contribution is -0.137. The Morgan fingerprint density at radius 3 is 2.39 bits per heavy atom. The Kier molecular flexibility index (Phi) is 6.71. The average molecular weight is 397 g/mol. The largest absolute Gasteiger partial charge is 0.451 e. The summed E-state index contributed by atoms with van der Waals surface area (Å²) < 4.78 is 45.6. The summed E-state index contributed by atoms with van der Waals surface area (Å²) in [4.78, 5) is 26.0. The Morgan fingerprint density at radius 2 is 1.86 bits per heavy atom. The SMILES string of the molecule is CCN(CC)c1ccc(C(F)(F)F)cc1NC(=O)COC(=O)c1cccn1C. The van der Waals surface area contributed by atoms with Gasteiger partial charge in [0.25, 0.3) is 5.91 Å². The van der Waals surface area contributed by atoms with Crippen LogP contribution < -0.4 is 10.2 Å². The number of aryl methyl sites for hydroxylation is 1. The molecular formula is C19H22F3N3O3. The van der Waals surface area contributed by atoms with E-state index in [1.807, 2.05) is 18.7 Å². The number of alkyl halides is 3. The number of benzene rings is 1. The van der Waals surface area contributed by atoms with Gasteiger partial charge in [0.1, 0.15) is 5.69 Å². The van der Waals surface area contributed by atoms with Crippen molar-refractivity contribution in [2.45, 2.75) is 20.0 Å². The van der Waals surface area contributed by atoms with Gasteiger partial charge in [0, 0.05) is 26.3 Å². The summed E-state index contributed by atoms with van der Waals surface area (Å²) in [6.45, 7) is 4.20. The summed E-state index contributed by atoms with van der Waals surface area (Å²) in [7, 11) is 1.65. The van der Waals surface area contributed by atoms with Gasteiger partial charge in [-0.05, 0) is 44.2 Å². The van der Waals surface area contributed by atoms with Gasteiger partial charge in [0.05, 0.1) is 16.9 Å². The van der Waals surface area contributed by atoms with Crippen LogP contribution in [0.2, 0.25) is 0 Å². The predicted molar refractivity (Wildman–Crippen MR) is 99.3 cm³/mol. The molecule has 0 saturated heterocycles. The van der Waals surface area contributed by atoms with Crippen molar-refractivity contribution < 1.29 is 27.5 Å². The molecule has 2 rings (SSSR count). The second-order valence-electron chi connectivity index (χ2n) is 6.03. The highest BCUT2D eigenvalue weighted by molar-refractivity contribution is 5.97. The van der Waals surface area contributed by atoms with Crippen molar-refractivity contribution in [3.8, 4) is 0 Å². The van der Waals surface area contributed by atoms with Gasteiger partial charge in [0.2, 0.25) is 0 Å². The molecule has 0 atom stereocenters. The van der Waals surface area contributed by atoms with E-state index in [-0.39, 0.29) is 11.4 Å². The van der Waals surface area contributed by atoms with Crippen molar-refractivity contribution in [2.24, 2.45) is 7.05 Å². The number of nitrogens with one attached hydrogen (secondary N) is 1. The Labute approximate surface area is 160 Å². The average Bonchev–Trinajstić information content (AvgIpc) is 3.07. The molecule has 1 N–H and O–H groups in total. The number of carbonyl (C=O) groups excluding carboxylic acids is 2. The highest BCUT2D eigenvalue weighted by Gasteiger charge is 2.31. The van der Waals surface area contributed by atoms with Crippen molar-refractivity contribution >= 4 is 23.3 Å². The molecule has 6 nitrogen and oxygen atoms in total. The van der Waals surface area contributed by atoms with Gasteiger partial charge in [0.15, 0.2) is 6.61 Å². The number of rotatable bonds is 7. The number of ether oxygens (including phenoxy) is 1. The first-order valence-corrected chi connectivity index (χ1v) is 8.71. The van der Waals surface area contributed by atoms with Gasteiger partial charge in [-0.1, -0.05) is 0 Å². The molecule has 28 heavy (non-hydrogen) atoms. The van der Waals surface area contributed by atoms with Crippen LogP contribution in [0.4, 0.5) is 24.5 Å². The van der Waals surface area contributed by atoms with Gasteiger partial charge in [-0.25, -0.2) is 4.79 Å². The molecule has 0 bridgehead atoms. The third-order valence-electron chi connectivity index (χ3n) is 4.19. The number of hydrogen-bond acceptors (Lipinski definition) is 4. The van der Waals surface area contributed by atoms with Crippen molar-refractivity contribution in [3.63, 3.8) is 0 Å². The number of halogens is 3. The number of aromatic nitrogens is 1. The molecular weight excluding hydrogens is 375 g/mol. The van der Waals surface area contributed by atoms with Crippen molar-refractivity contribution in [1.29, 1.82) is 0 Å². The van der Waals surface area contributed by atoms with E-state index in [2.05, 4.69) is 5.32 Å². The van der Waals surface area contributed by atoms with E-state index in [0.29, 0.717) is 18.8 Å². The summed E-state index contributed by atoms with van der Waals surface area (Å²) in [5.74, 6) is -1.43. The van der Waals surface area contributed by atoms with E-state index < -0.39 is 30.2 Å². The molecule has 0 aliphatic rings. The molecule has 0 fully saturated rings. The summed E-state index contributed by atoms with van der Waals surface area (Å²) in [5, 5.41) is 2.42. The number of esters is 1. The number of carbonyl (C=O) groups is 2. The zero-order valence-electron chi connectivity index (χ0n) is 15.8.